The van der Waals surface area contributed by atoms with Crippen LogP contribution in [0, 0.1) is 24.7 Å². The highest BCUT2D eigenvalue weighted by Crippen LogP contribution is 2.47. The van der Waals surface area contributed by atoms with Gasteiger partial charge < -0.3 is 24.0 Å². The number of anilines is 1. The molecule has 2 aliphatic carbocycles. The number of piperazine rings is 1. The summed E-state index contributed by atoms with van der Waals surface area (Å²) in [7, 11) is 1.65. The van der Waals surface area contributed by atoms with Crippen molar-refractivity contribution in [3.63, 3.8) is 0 Å². The van der Waals surface area contributed by atoms with Crippen molar-refractivity contribution in [3.8, 4) is 11.6 Å². The Balaban J connectivity index is 1.16. The number of benzene rings is 2. The van der Waals surface area contributed by atoms with E-state index in [4.69, 9.17) is 14.2 Å². The maximum absolute atomic E-state index is 14.8. The SMILES string of the molecule is COc1nn(C)cc1C(=O)NS1(=O)=NC(=O)c2ccc3c(c2)N(C[C@@H]2CC[C@H]2[C@@H](OCCN2CCN(C)CC2)/C=C/C[C@H](C)C1)C[C@@]1(CCCc2cc(C)ccc21)CO3. The molecule has 4 heterocycles. The third-order valence-corrected chi connectivity index (χ3v) is 15.2. The first-order chi connectivity index (χ1) is 28.4. The van der Waals surface area contributed by atoms with E-state index in [2.05, 4.69) is 73.2 Å². The Bertz CT molecular complexity index is 2190. The number of carbonyl (C=O) groups is 2. The van der Waals surface area contributed by atoms with E-state index in [-0.39, 0.29) is 34.6 Å². The third kappa shape index (κ3) is 9.11. The molecule has 14 heteroatoms. The summed E-state index contributed by atoms with van der Waals surface area (Å²) in [6, 6.07) is 12.3. The van der Waals surface area contributed by atoms with Gasteiger partial charge in [0.1, 0.15) is 21.2 Å². The van der Waals surface area contributed by atoms with Crippen molar-refractivity contribution in [1.82, 2.24) is 24.3 Å². The number of aromatic nitrogens is 2. The standard InChI is InChI=1S/C45H61N7O6S/c1-31-11-15-38-33(24-31)9-7-17-45(38)29-52-26-35-12-14-36(35)40(57-23-22-51-20-18-49(3)19-21-51)10-6-8-32(2)28-59(55,48-43(54)37-27-50(4)46-44(37)56-5)47-42(53)34-13-16-41(58-30-45)39(52)25-34/h6,10-11,13,15-16,24-25,27,32,35-36,40H,7-9,12,14,17-23,26,28-30H2,1-5H3,(H,47,48,53,54,55)/b10-6+/t32-,35-,36+,40-,45-,59?/m0/s1. The number of nitrogens with zero attached hydrogens (tertiary/aromatic N) is 6. The first-order valence-corrected chi connectivity index (χ1v) is 23.1. The second kappa shape index (κ2) is 17.4. The van der Waals surface area contributed by atoms with Crippen LogP contribution in [0.25, 0.3) is 0 Å². The summed E-state index contributed by atoms with van der Waals surface area (Å²) in [4.78, 5) is 35.2. The van der Waals surface area contributed by atoms with Gasteiger partial charge in [-0.1, -0.05) is 42.8 Å². The molecule has 6 atom stereocenters. The van der Waals surface area contributed by atoms with Crippen LogP contribution >= 0.6 is 0 Å². The average molecular weight is 828 g/mol. The third-order valence-electron chi connectivity index (χ3n) is 13.2. The fourth-order valence-electron chi connectivity index (χ4n) is 9.82. The van der Waals surface area contributed by atoms with E-state index in [1.807, 2.05) is 19.1 Å². The van der Waals surface area contributed by atoms with Crippen LogP contribution in [-0.2, 0) is 33.5 Å². The molecule has 1 unspecified atom stereocenters. The molecule has 0 radical (unpaired) electrons. The smallest absolute Gasteiger partial charge is 0.286 e. The van der Waals surface area contributed by atoms with Gasteiger partial charge in [-0.3, -0.25) is 23.9 Å². The lowest BCUT2D eigenvalue weighted by Gasteiger charge is -2.46. The molecule has 1 aromatic heterocycles. The fourth-order valence-corrected chi connectivity index (χ4v) is 11.7. The molecule has 3 aromatic rings. The summed E-state index contributed by atoms with van der Waals surface area (Å²) >= 11 is 0. The van der Waals surface area contributed by atoms with Crippen molar-refractivity contribution >= 4 is 27.4 Å². The van der Waals surface area contributed by atoms with Gasteiger partial charge in [0.2, 0.25) is 5.88 Å². The molecule has 59 heavy (non-hydrogen) atoms. The number of hydrogen-bond donors (Lipinski definition) is 1. The summed E-state index contributed by atoms with van der Waals surface area (Å²) < 4.78 is 42.2. The van der Waals surface area contributed by atoms with Gasteiger partial charge >= 0.3 is 0 Å². The van der Waals surface area contributed by atoms with E-state index < -0.39 is 21.7 Å². The molecular weight excluding hydrogens is 767 g/mol. The summed E-state index contributed by atoms with van der Waals surface area (Å²) in [5.74, 6) is -0.0183. The number of hydrogen-bond acceptors (Lipinski definition) is 10. The normalized spacial score (nSPS) is 29.6. The summed E-state index contributed by atoms with van der Waals surface area (Å²) in [6.45, 7) is 12.0. The van der Waals surface area contributed by atoms with Crippen LogP contribution in [0.5, 0.6) is 11.6 Å². The number of nitrogens with one attached hydrogen (secondary N) is 1. The number of rotatable bonds is 7. The highest BCUT2D eigenvalue weighted by atomic mass is 32.2. The number of aryl methyl sites for hydroxylation is 3. The van der Waals surface area contributed by atoms with Gasteiger partial charge in [-0.25, -0.2) is 4.21 Å². The first kappa shape index (κ1) is 41.5. The number of likely N-dealkylation sites (N-methyl/N-ethyl adjacent to an activating group) is 1. The molecule has 2 amide bonds. The van der Waals surface area contributed by atoms with Crippen LogP contribution in [0.15, 0.2) is 59.1 Å². The van der Waals surface area contributed by atoms with E-state index in [9.17, 15) is 13.8 Å². The molecule has 1 spiro atoms. The van der Waals surface area contributed by atoms with Crippen LogP contribution < -0.4 is 19.1 Å². The monoisotopic (exact) mass is 827 g/mol. The fraction of sp³-hybridized carbons (Fsp3) is 0.578. The number of methoxy groups -OCH3 is 1. The second-order valence-corrected chi connectivity index (χ2v) is 19.8. The molecule has 3 aliphatic heterocycles. The average Bonchev–Trinajstić information content (AvgIpc) is 3.51. The van der Waals surface area contributed by atoms with E-state index in [0.717, 1.165) is 89.4 Å². The summed E-state index contributed by atoms with van der Waals surface area (Å²) in [6.07, 6.45) is 11.7. The second-order valence-electron chi connectivity index (χ2n) is 17.8. The highest BCUT2D eigenvalue weighted by Gasteiger charge is 2.44. The number of ether oxygens (including phenoxy) is 3. The van der Waals surface area contributed by atoms with Crippen LogP contribution in [0.1, 0.15) is 76.4 Å². The zero-order valence-corrected chi connectivity index (χ0v) is 36.2. The number of allylic oxidation sites excluding steroid dienone is 1. The Morgan fingerprint density at radius 2 is 1.93 bits per heavy atom. The Labute approximate surface area is 349 Å². The molecule has 1 saturated carbocycles. The van der Waals surface area contributed by atoms with Gasteiger partial charge in [-0.15, -0.1) is 9.46 Å². The van der Waals surface area contributed by atoms with Crippen molar-refractivity contribution in [1.29, 1.82) is 0 Å². The predicted octanol–water partition coefficient (Wildman–Crippen LogP) is 5.42. The van der Waals surface area contributed by atoms with Crippen molar-refractivity contribution < 1.29 is 28.0 Å². The topological polar surface area (TPSA) is 131 Å². The minimum absolute atomic E-state index is 0.0278. The molecule has 13 nitrogen and oxygen atoms in total. The Morgan fingerprint density at radius 3 is 2.71 bits per heavy atom. The minimum atomic E-state index is -3.62. The molecule has 2 fully saturated rings. The van der Waals surface area contributed by atoms with Crippen LogP contribution in [0.2, 0.25) is 0 Å². The Hall–Kier alpha value is -4.24. The molecule has 2 aromatic carbocycles. The lowest BCUT2D eigenvalue weighted by molar-refractivity contribution is -0.0235. The lowest BCUT2D eigenvalue weighted by Crippen LogP contribution is -2.50. The largest absolute Gasteiger partial charge is 0.490 e. The van der Waals surface area contributed by atoms with Crippen molar-refractivity contribution in [2.75, 3.05) is 83.8 Å². The lowest BCUT2D eigenvalue weighted by atomic mass is 9.68. The van der Waals surface area contributed by atoms with Gasteiger partial charge in [0.15, 0.2) is 0 Å². The van der Waals surface area contributed by atoms with E-state index in [1.165, 1.54) is 34.7 Å². The first-order valence-electron chi connectivity index (χ1n) is 21.4. The molecular formula is C45H61N7O6S. The molecule has 5 aliphatic rings. The van der Waals surface area contributed by atoms with Gasteiger partial charge in [0.25, 0.3) is 11.8 Å². The van der Waals surface area contributed by atoms with Crippen LogP contribution in [-0.4, -0.2) is 121 Å². The maximum atomic E-state index is 14.8. The maximum Gasteiger partial charge on any atom is 0.286 e. The molecule has 1 N–H and O–H groups in total. The van der Waals surface area contributed by atoms with Gasteiger partial charge in [0, 0.05) is 70.0 Å². The molecule has 318 valence electrons. The quantitative estimate of drug-likeness (QED) is 0.309. The highest BCUT2D eigenvalue weighted by molar-refractivity contribution is 7.92. The van der Waals surface area contributed by atoms with E-state index in [0.29, 0.717) is 37.0 Å². The van der Waals surface area contributed by atoms with Gasteiger partial charge in [0.05, 0.1) is 37.9 Å². The molecule has 2 bridgehead atoms. The summed E-state index contributed by atoms with van der Waals surface area (Å²) in [5.41, 5.74) is 5.03. The summed E-state index contributed by atoms with van der Waals surface area (Å²) in [5, 5.41) is 4.19. The van der Waals surface area contributed by atoms with Crippen LogP contribution in [0.4, 0.5) is 5.69 Å². The van der Waals surface area contributed by atoms with Crippen LogP contribution in [0.3, 0.4) is 0 Å². The van der Waals surface area contributed by atoms with Gasteiger partial charge in [-0.05, 0) is 99.6 Å². The zero-order chi connectivity index (χ0) is 41.3. The Kier molecular flexibility index (Phi) is 12.2. The Morgan fingerprint density at radius 1 is 1.10 bits per heavy atom. The van der Waals surface area contributed by atoms with E-state index in [1.54, 1.807) is 13.1 Å². The molecule has 8 rings (SSSR count). The molecule has 1 saturated heterocycles. The van der Waals surface area contributed by atoms with Crippen molar-refractivity contribution in [2.24, 2.45) is 29.2 Å². The number of carbonyl (C=O) groups excluding carboxylic acids is 2. The van der Waals surface area contributed by atoms with Crippen molar-refractivity contribution in [3.05, 3.63) is 82.6 Å². The minimum Gasteiger partial charge on any atom is -0.490 e. The number of fused-ring (bicyclic) bond motifs is 4. The number of amides is 2. The van der Waals surface area contributed by atoms with E-state index >= 15 is 0 Å². The zero-order valence-electron chi connectivity index (χ0n) is 35.4. The van der Waals surface area contributed by atoms with Gasteiger partial charge in [-0.2, -0.15) is 0 Å². The van der Waals surface area contributed by atoms with Crippen molar-refractivity contribution in [2.45, 2.75) is 63.9 Å². The predicted molar refractivity (Wildman–Crippen MR) is 230 cm³/mol.